The Hall–Kier alpha value is -3.42. The number of carbonyl (C=O) groups is 1. The molecule has 7 nitrogen and oxygen atoms in total. The molecule has 1 heterocycles. The van der Waals surface area contributed by atoms with Crippen molar-refractivity contribution in [3.63, 3.8) is 0 Å². The van der Waals surface area contributed by atoms with E-state index in [0.29, 0.717) is 19.5 Å². The highest BCUT2D eigenvalue weighted by molar-refractivity contribution is 5.85. The molecule has 202 valence electrons. The fourth-order valence-corrected chi connectivity index (χ4v) is 5.65. The molecule has 4 rings (SSSR count). The molecule has 0 aliphatic carbocycles. The summed E-state index contributed by atoms with van der Waals surface area (Å²) in [6, 6.07) is 21.3. The van der Waals surface area contributed by atoms with Crippen LogP contribution in [-0.4, -0.2) is 66.0 Å². The first-order chi connectivity index (χ1) is 18.2. The van der Waals surface area contributed by atoms with Crippen molar-refractivity contribution >= 4 is 22.6 Å². The minimum Gasteiger partial charge on any atom is -0.370 e. The molecule has 1 saturated heterocycles. The van der Waals surface area contributed by atoms with Gasteiger partial charge in [-0.25, -0.2) is 0 Å². The van der Waals surface area contributed by atoms with E-state index >= 15 is 0 Å². The van der Waals surface area contributed by atoms with Gasteiger partial charge in [0.05, 0.1) is 6.42 Å². The molecule has 6 N–H and O–H groups in total. The van der Waals surface area contributed by atoms with E-state index in [-0.39, 0.29) is 30.0 Å². The number of aryl methyl sites for hydroxylation is 2. The van der Waals surface area contributed by atoms with Gasteiger partial charge in [0.15, 0.2) is 5.96 Å². The Morgan fingerprint density at radius 1 is 1.03 bits per heavy atom. The molecule has 1 aliphatic rings. The summed E-state index contributed by atoms with van der Waals surface area (Å²) in [5, 5.41) is 2.34. The van der Waals surface area contributed by atoms with Crippen LogP contribution in [0.2, 0.25) is 0 Å². The molecule has 1 fully saturated rings. The van der Waals surface area contributed by atoms with E-state index in [9.17, 15) is 4.79 Å². The van der Waals surface area contributed by atoms with Crippen molar-refractivity contribution in [2.45, 2.75) is 58.2 Å². The number of nitrogens with two attached hydrogens (primary N) is 3. The van der Waals surface area contributed by atoms with Gasteiger partial charge in [-0.05, 0) is 61.1 Å². The van der Waals surface area contributed by atoms with Crippen LogP contribution in [0.15, 0.2) is 65.7 Å². The number of nitrogens with zero attached hydrogens (tertiary/aromatic N) is 3. The maximum atomic E-state index is 13.5. The smallest absolute Gasteiger partial charge is 0.227 e. The van der Waals surface area contributed by atoms with Crippen LogP contribution >= 0.6 is 0 Å². The standard InChI is InChI=1S/C31H42N6O/c1-21-8-10-26(22(2)14-21)17-28(32)19-36-18-23(3)37(20-29(36)12-13-35-31(33)34)30(38)16-24-9-11-25-6-4-5-7-27(25)15-24/h4-11,14-15,23,28-29H,12-13,16-20,32H2,1-3H3,(H4,33,34,35)/t23-,28-,29+/m1/s1. The summed E-state index contributed by atoms with van der Waals surface area (Å²) >= 11 is 0. The third kappa shape index (κ3) is 7.11. The summed E-state index contributed by atoms with van der Waals surface area (Å²) in [5.74, 6) is 0.246. The highest BCUT2D eigenvalue weighted by Crippen LogP contribution is 2.22. The second-order valence-electron chi connectivity index (χ2n) is 10.9. The van der Waals surface area contributed by atoms with Crippen LogP contribution in [0, 0.1) is 13.8 Å². The number of fused-ring (bicyclic) bond motifs is 1. The van der Waals surface area contributed by atoms with Crippen LogP contribution in [0.3, 0.4) is 0 Å². The summed E-state index contributed by atoms with van der Waals surface area (Å²) in [6.45, 7) is 9.09. The van der Waals surface area contributed by atoms with E-state index in [4.69, 9.17) is 17.2 Å². The molecule has 1 aliphatic heterocycles. The van der Waals surface area contributed by atoms with Gasteiger partial charge in [0.1, 0.15) is 0 Å². The lowest BCUT2D eigenvalue weighted by Crippen LogP contribution is -2.61. The van der Waals surface area contributed by atoms with Gasteiger partial charge in [0.25, 0.3) is 0 Å². The first kappa shape index (κ1) is 27.6. The van der Waals surface area contributed by atoms with Crippen molar-refractivity contribution in [3.8, 4) is 0 Å². The molecule has 0 unspecified atom stereocenters. The highest BCUT2D eigenvalue weighted by atomic mass is 16.2. The van der Waals surface area contributed by atoms with E-state index in [0.717, 1.165) is 36.9 Å². The second-order valence-corrected chi connectivity index (χ2v) is 10.9. The molecule has 0 radical (unpaired) electrons. The molecule has 38 heavy (non-hydrogen) atoms. The van der Waals surface area contributed by atoms with Crippen molar-refractivity contribution < 1.29 is 4.79 Å². The predicted octanol–water partition coefficient (Wildman–Crippen LogP) is 3.13. The molecular formula is C31H42N6O. The summed E-state index contributed by atoms with van der Waals surface area (Å²) in [4.78, 5) is 22.2. The zero-order valence-electron chi connectivity index (χ0n) is 22.9. The minimum absolute atomic E-state index is 0.00552. The molecule has 0 bridgehead atoms. The van der Waals surface area contributed by atoms with Gasteiger partial charge in [0.2, 0.25) is 5.91 Å². The molecule has 3 atom stereocenters. The first-order valence-corrected chi connectivity index (χ1v) is 13.6. The minimum atomic E-state index is -0.00552. The van der Waals surface area contributed by atoms with Crippen LogP contribution in [0.4, 0.5) is 0 Å². The van der Waals surface area contributed by atoms with Gasteiger partial charge in [-0.1, -0.05) is 66.2 Å². The lowest BCUT2D eigenvalue weighted by molar-refractivity contribution is -0.136. The molecule has 0 aromatic heterocycles. The van der Waals surface area contributed by atoms with E-state index in [2.05, 4.69) is 79.2 Å². The number of aliphatic imine (C=N–C) groups is 1. The van der Waals surface area contributed by atoms with E-state index in [1.54, 1.807) is 0 Å². The van der Waals surface area contributed by atoms with Gasteiger partial charge >= 0.3 is 0 Å². The predicted molar refractivity (Wildman–Crippen MR) is 157 cm³/mol. The van der Waals surface area contributed by atoms with Crippen molar-refractivity contribution in [1.82, 2.24) is 9.80 Å². The van der Waals surface area contributed by atoms with Gasteiger partial charge < -0.3 is 22.1 Å². The Balaban J connectivity index is 1.44. The van der Waals surface area contributed by atoms with Crippen LogP contribution in [0.25, 0.3) is 10.8 Å². The van der Waals surface area contributed by atoms with Gasteiger partial charge in [-0.15, -0.1) is 0 Å². The fourth-order valence-electron chi connectivity index (χ4n) is 5.65. The molecule has 0 spiro atoms. The number of hydrogen-bond donors (Lipinski definition) is 3. The Kier molecular flexibility index (Phi) is 9.02. The largest absolute Gasteiger partial charge is 0.370 e. The topological polar surface area (TPSA) is 114 Å². The quantitative estimate of drug-likeness (QED) is 0.300. The van der Waals surface area contributed by atoms with Crippen molar-refractivity contribution in [1.29, 1.82) is 0 Å². The Labute approximate surface area is 226 Å². The number of piperazine rings is 1. The summed E-state index contributed by atoms with van der Waals surface area (Å²) in [6.07, 6.45) is 1.98. The lowest BCUT2D eigenvalue weighted by Gasteiger charge is -2.46. The third-order valence-corrected chi connectivity index (χ3v) is 7.65. The van der Waals surface area contributed by atoms with Crippen molar-refractivity contribution in [2.24, 2.45) is 22.2 Å². The average Bonchev–Trinajstić information content (AvgIpc) is 2.86. The van der Waals surface area contributed by atoms with Crippen LogP contribution in [0.5, 0.6) is 0 Å². The van der Waals surface area contributed by atoms with Crippen molar-refractivity contribution in [2.75, 3.05) is 26.2 Å². The number of hydrogen-bond acceptors (Lipinski definition) is 4. The number of benzene rings is 3. The first-order valence-electron chi connectivity index (χ1n) is 13.6. The SMILES string of the molecule is Cc1ccc(C[C@@H](N)CN2C[C@@H](C)N(C(=O)Cc3ccc4ccccc4c3)C[C@@H]2CCN=C(N)N)c(C)c1. The number of amides is 1. The molecule has 7 heteroatoms. The molecule has 3 aromatic carbocycles. The summed E-state index contributed by atoms with van der Waals surface area (Å²) in [7, 11) is 0. The number of rotatable bonds is 9. The second kappa shape index (κ2) is 12.4. The molecule has 0 saturated carbocycles. The number of carbonyl (C=O) groups excluding carboxylic acids is 1. The Morgan fingerprint density at radius 3 is 2.53 bits per heavy atom. The zero-order chi connectivity index (χ0) is 27.2. The average molecular weight is 515 g/mol. The van der Waals surface area contributed by atoms with E-state index < -0.39 is 0 Å². The highest BCUT2D eigenvalue weighted by Gasteiger charge is 2.34. The van der Waals surface area contributed by atoms with Gasteiger partial charge in [-0.2, -0.15) is 0 Å². The van der Waals surface area contributed by atoms with Crippen molar-refractivity contribution in [3.05, 3.63) is 82.9 Å². The Bertz CT molecular complexity index is 1280. The summed E-state index contributed by atoms with van der Waals surface area (Å²) < 4.78 is 0. The molecule has 3 aromatic rings. The lowest BCUT2D eigenvalue weighted by atomic mass is 9.97. The maximum Gasteiger partial charge on any atom is 0.227 e. The fraction of sp³-hybridized carbons (Fsp3) is 0.419. The van der Waals surface area contributed by atoms with Crippen LogP contribution in [0.1, 0.15) is 35.6 Å². The normalized spacial score (nSPS) is 18.9. The monoisotopic (exact) mass is 514 g/mol. The van der Waals surface area contributed by atoms with Crippen LogP contribution in [-0.2, 0) is 17.6 Å². The third-order valence-electron chi connectivity index (χ3n) is 7.65. The number of guanidine groups is 1. The molecule has 1 amide bonds. The Morgan fingerprint density at radius 2 is 1.79 bits per heavy atom. The van der Waals surface area contributed by atoms with E-state index in [1.165, 1.54) is 22.1 Å². The molecular weight excluding hydrogens is 472 g/mol. The van der Waals surface area contributed by atoms with Gasteiger partial charge in [0, 0.05) is 44.3 Å². The summed E-state index contributed by atoms with van der Waals surface area (Å²) in [5.41, 5.74) is 22.7. The van der Waals surface area contributed by atoms with E-state index in [1.807, 2.05) is 17.0 Å². The van der Waals surface area contributed by atoms with Crippen LogP contribution < -0.4 is 17.2 Å². The maximum absolute atomic E-state index is 13.5. The van der Waals surface area contributed by atoms with Gasteiger partial charge in [-0.3, -0.25) is 14.7 Å². The zero-order valence-corrected chi connectivity index (χ0v) is 22.9.